The number of benzene rings is 1. The lowest BCUT2D eigenvalue weighted by molar-refractivity contribution is 0.0993. The minimum atomic E-state index is 0.155. The number of carbonyl (C=O) groups excluding carboxylic acids is 1. The van der Waals surface area contributed by atoms with E-state index in [1.807, 2.05) is 12.1 Å². The smallest absolute Gasteiger partial charge is 0.176 e. The minimum Gasteiger partial charge on any atom is -0.313 e. The largest absolute Gasteiger partial charge is 0.313 e. The van der Waals surface area contributed by atoms with E-state index >= 15 is 0 Å². The van der Waals surface area contributed by atoms with Gasteiger partial charge in [0, 0.05) is 12.1 Å². The van der Waals surface area contributed by atoms with E-state index in [9.17, 15) is 4.79 Å². The Kier molecular flexibility index (Phi) is 3.92. The second kappa shape index (κ2) is 5.43. The Morgan fingerprint density at radius 1 is 1.41 bits per heavy atom. The zero-order valence-corrected chi connectivity index (χ0v) is 10.6. The van der Waals surface area contributed by atoms with E-state index in [0.29, 0.717) is 12.5 Å². The Hall–Kier alpha value is -1.19. The molecule has 92 valence electrons. The van der Waals surface area contributed by atoms with Gasteiger partial charge in [-0.1, -0.05) is 24.3 Å². The third-order valence-corrected chi connectivity index (χ3v) is 3.43. The fourth-order valence-electron chi connectivity index (χ4n) is 2.41. The van der Waals surface area contributed by atoms with Gasteiger partial charge >= 0.3 is 0 Å². The summed E-state index contributed by atoms with van der Waals surface area (Å²) in [5.41, 5.74) is 2.16. The molecule has 0 aromatic heterocycles. The summed E-state index contributed by atoms with van der Waals surface area (Å²) in [5, 5.41) is 2.89. The number of likely N-dealkylation sites (N-methyl/N-ethyl adjacent to an activating group) is 2. The number of nitrogens with zero attached hydrogens (tertiary/aromatic N) is 1. The molecule has 1 saturated heterocycles. The van der Waals surface area contributed by atoms with Crippen molar-refractivity contribution in [2.24, 2.45) is 0 Å². The number of Topliss-reactive ketones (excluding diaryl/α,β-unsaturated/α-hetero) is 1. The average Bonchev–Trinajstić information content (AvgIpc) is 2.76. The molecular formula is C14H20N2O. The molecule has 0 saturated carbocycles. The molecule has 0 amide bonds. The molecule has 0 spiro atoms. The van der Waals surface area contributed by atoms with Crippen molar-refractivity contribution in [1.82, 2.24) is 10.2 Å². The van der Waals surface area contributed by atoms with Crippen molar-refractivity contribution < 1.29 is 4.79 Å². The highest BCUT2D eigenvalue weighted by atomic mass is 16.1. The first-order valence-corrected chi connectivity index (χ1v) is 6.17. The van der Waals surface area contributed by atoms with Crippen LogP contribution in [-0.4, -0.2) is 44.4 Å². The predicted octanol–water partition coefficient (Wildman–Crippen LogP) is 1.51. The molecule has 1 aromatic rings. The van der Waals surface area contributed by atoms with Crippen LogP contribution in [0.5, 0.6) is 0 Å². The molecule has 3 heteroatoms. The molecule has 0 radical (unpaired) electrons. The number of rotatable bonds is 4. The summed E-state index contributed by atoms with van der Waals surface area (Å²) < 4.78 is 0. The molecule has 1 fully saturated rings. The average molecular weight is 232 g/mol. The van der Waals surface area contributed by atoms with Gasteiger partial charge in [0.1, 0.15) is 0 Å². The van der Waals surface area contributed by atoms with Gasteiger partial charge in [-0.25, -0.2) is 0 Å². The molecule has 1 unspecified atom stereocenters. The highest BCUT2D eigenvalue weighted by molar-refractivity contribution is 5.97. The predicted molar refractivity (Wildman–Crippen MR) is 69.6 cm³/mol. The van der Waals surface area contributed by atoms with Crippen LogP contribution in [0, 0.1) is 0 Å². The molecule has 1 atom stereocenters. The fourth-order valence-corrected chi connectivity index (χ4v) is 2.41. The van der Waals surface area contributed by atoms with Gasteiger partial charge in [0.15, 0.2) is 5.78 Å². The van der Waals surface area contributed by atoms with Gasteiger partial charge in [-0.05, 0) is 38.5 Å². The van der Waals surface area contributed by atoms with Crippen molar-refractivity contribution in [3.63, 3.8) is 0 Å². The SMILES string of the molecule is CNCC(=O)c1ccc(C2CCN(C)C2)cc1. The van der Waals surface area contributed by atoms with Gasteiger partial charge in [-0.2, -0.15) is 0 Å². The lowest BCUT2D eigenvalue weighted by Gasteiger charge is -2.11. The van der Waals surface area contributed by atoms with Crippen molar-refractivity contribution in [1.29, 1.82) is 0 Å². The lowest BCUT2D eigenvalue weighted by Crippen LogP contribution is -2.18. The van der Waals surface area contributed by atoms with Crippen LogP contribution in [0.3, 0.4) is 0 Å². The summed E-state index contributed by atoms with van der Waals surface area (Å²) in [7, 11) is 3.95. The first kappa shape index (κ1) is 12.3. The first-order chi connectivity index (χ1) is 8.20. The van der Waals surface area contributed by atoms with Gasteiger partial charge in [0.25, 0.3) is 0 Å². The Balaban J connectivity index is 2.05. The molecule has 0 bridgehead atoms. The molecule has 1 N–H and O–H groups in total. The minimum absolute atomic E-state index is 0.155. The molecule has 3 nitrogen and oxygen atoms in total. The van der Waals surface area contributed by atoms with Crippen LogP contribution in [0.2, 0.25) is 0 Å². The highest BCUT2D eigenvalue weighted by Crippen LogP contribution is 2.26. The fraction of sp³-hybridized carbons (Fsp3) is 0.500. The monoisotopic (exact) mass is 232 g/mol. The Bertz CT molecular complexity index is 386. The quantitative estimate of drug-likeness (QED) is 0.799. The number of likely N-dealkylation sites (tertiary alicyclic amines) is 1. The van der Waals surface area contributed by atoms with Gasteiger partial charge in [0.05, 0.1) is 6.54 Å². The maximum atomic E-state index is 11.7. The summed E-state index contributed by atoms with van der Waals surface area (Å²) in [6.07, 6.45) is 1.22. The van der Waals surface area contributed by atoms with Crippen molar-refractivity contribution in [2.75, 3.05) is 33.7 Å². The van der Waals surface area contributed by atoms with Crippen molar-refractivity contribution in [3.05, 3.63) is 35.4 Å². The van der Waals surface area contributed by atoms with Crippen LogP contribution in [0.1, 0.15) is 28.3 Å². The lowest BCUT2D eigenvalue weighted by atomic mass is 9.96. The zero-order chi connectivity index (χ0) is 12.3. The van der Waals surface area contributed by atoms with Crippen molar-refractivity contribution in [3.8, 4) is 0 Å². The van der Waals surface area contributed by atoms with E-state index in [1.54, 1.807) is 7.05 Å². The maximum absolute atomic E-state index is 11.7. The van der Waals surface area contributed by atoms with Crippen LogP contribution >= 0.6 is 0 Å². The number of nitrogens with one attached hydrogen (secondary N) is 1. The normalized spacial score (nSPS) is 20.7. The van der Waals surface area contributed by atoms with Crippen LogP contribution in [0.4, 0.5) is 0 Å². The summed E-state index contributed by atoms with van der Waals surface area (Å²) in [4.78, 5) is 14.0. The van der Waals surface area contributed by atoms with E-state index in [1.165, 1.54) is 18.5 Å². The van der Waals surface area contributed by atoms with Gasteiger partial charge in [-0.15, -0.1) is 0 Å². The van der Waals surface area contributed by atoms with Crippen LogP contribution < -0.4 is 5.32 Å². The zero-order valence-electron chi connectivity index (χ0n) is 10.6. The van der Waals surface area contributed by atoms with Crippen LogP contribution in [0.15, 0.2) is 24.3 Å². The van der Waals surface area contributed by atoms with Crippen molar-refractivity contribution in [2.45, 2.75) is 12.3 Å². The molecule has 1 aromatic carbocycles. The summed E-state index contributed by atoms with van der Waals surface area (Å²) in [5.74, 6) is 0.788. The summed E-state index contributed by atoms with van der Waals surface area (Å²) >= 11 is 0. The number of ketones is 1. The van der Waals surface area contributed by atoms with E-state index in [0.717, 1.165) is 12.1 Å². The third-order valence-electron chi connectivity index (χ3n) is 3.43. The summed E-state index contributed by atoms with van der Waals surface area (Å²) in [6.45, 7) is 2.71. The number of hydrogen-bond acceptors (Lipinski definition) is 3. The van der Waals surface area contributed by atoms with Gasteiger partial charge in [0.2, 0.25) is 0 Å². The molecule has 0 aliphatic carbocycles. The van der Waals surface area contributed by atoms with Crippen LogP contribution in [-0.2, 0) is 0 Å². The molecular weight excluding hydrogens is 212 g/mol. The third kappa shape index (κ3) is 2.93. The Morgan fingerprint density at radius 2 is 2.12 bits per heavy atom. The molecule has 2 rings (SSSR count). The molecule has 1 aliphatic heterocycles. The van der Waals surface area contributed by atoms with Gasteiger partial charge < -0.3 is 10.2 Å². The van der Waals surface area contributed by atoms with Crippen LogP contribution in [0.25, 0.3) is 0 Å². The first-order valence-electron chi connectivity index (χ1n) is 6.17. The maximum Gasteiger partial charge on any atom is 0.176 e. The second-order valence-corrected chi connectivity index (χ2v) is 4.82. The summed E-state index contributed by atoms with van der Waals surface area (Å²) in [6, 6.07) is 8.11. The van der Waals surface area contributed by atoms with E-state index < -0.39 is 0 Å². The van der Waals surface area contributed by atoms with E-state index in [2.05, 4.69) is 29.4 Å². The van der Waals surface area contributed by atoms with Crippen molar-refractivity contribution >= 4 is 5.78 Å². The van der Waals surface area contributed by atoms with Gasteiger partial charge in [-0.3, -0.25) is 4.79 Å². The standard InChI is InChI=1S/C14H20N2O/c1-15-9-14(17)12-5-3-11(4-6-12)13-7-8-16(2)10-13/h3-6,13,15H,7-10H2,1-2H3. The Morgan fingerprint density at radius 3 is 2.65 bits per heavy atom. The van der Waals surface area contributed by atoms with E-state index in [-0.39, 0.29) is 5.78 Å². The second-order valence-electron chi connectivity index (χ2n) is 4.82. The number of hydrogen-bond donors (Lipinski definition) is 1. The molecule has 1 aliphatic rings. The molecule has 17 heavy (non-hydrogen) atoms. The molecule has 1 heterocycles. The van der Waals surface area contributed by atoms with E-state index in [4.69, 9.17) is 0 Å². The Labute approximate surface area is 103 Å². The topological polar surface area (TPSA) is 32.3 Å². The highest BCUT2D eigenvalue weighted by Gasteiger charge is 2.20. The number of carbonyl (C=O) groups is 1.